The summed E-state index contributed by atoms with van der Waals surface area (Å²) >= 11 is 0. The molecule has 0 aliphatic heterocycles. The van der Waals surface area contributed by atoms with Gasteiger partial charge in [0, 0.05) is 12.7 Å². The van der Waals surface area contributed by atoms with Crippen LogP contribution in [0.4, 0.5) is 13.2 Å². The molecule has 0 aliphatic rings. The van der Waals surface area contributed by atoms with Crippen molar-refractivity contribution in [3.63, 3.8) is 0 Å². The molecule has 1 heterocycles. The number of benzene rings is 1. The van der Waals surface area contributed by atoms with Gasteiger partial charge in [-0.15, -0.1) is 0 Å². The van der Waals surface area contributed by atoms with Crippen molar-refractivity contribution in [3.8, 4) is 0 Å². The Morgan fingerprint density at radius 1 is 1.38 bits per heavy atom. The first-order valence-electron chi connectivity index (χ1n) is 7.36. The quantitative estimate of drug-likeness (QED) is 0.849. The van der Waals surface area contributed by atoms with E-state index in [-0.39, 0.29) is 12.1 Å². The van der Waals surface area contributed by atoms with E-state index in [1.54, 1.807) is 6.07 Å². The molecule has 0 spiro atoms. The first kappa shape index (κ1) is 18.0. The number of aryl methyl sites for hydroxylation is 1. The Morgan fingerprint density at radius 2 is 2.08 bits per heavy atom. The van der Waals surface area contributed by atoms with Gasteiger partial charge in [0.2, 0.25) is 0 Å². The van der Waals surface area contributed by atoms with Crippen LogP contribution in [0.3, 0.4) is 0 Å². The fourth-order valence-electron chi connectivity index (χ4n) is 2.32. The third-order valence-corrected chi connectivity index (χ3v) is 3.52. The van der Waals surface area contributed by atoms with Crippen LogP contribution in [-0.4, -0.2) is 23.2 Å². The van der Waals surface area contributed by atoms with Crippen molar-refractivity contribution < 1.29 is 22.7 Å². The number of H-pyrrole nitrogens is 1. The lowest BCUT2D eigenvalue weighted by Gasteiger charge is -2.20. The van der Waals surface area contributed by atoms with Crippen LogP contribution in [0, 0.1) is 0 Å². The molecule has 0 aliphatic carbocycles. The molecule has 5 nitrogen and oxygen atoms in total. The minimum atomic E-state index is -4.56. The number of aromatic amines is 1. The average molecular weight is 341 g/mol. The largest absolute Gasteiger partial charge is 0.416 e. The standard InChI is InChI=1S/C16H18F3N3O2/c1-3-10-8-11(22-21-10)9-20-15(23)14(24-2)12-6-4-5-7-13(12)16(17,18)19/h4-8,14H,3,9H2,1-2H3,(H,20,23)(H,21,22). The molecular weight excluding hydrogens is 323 g/mol. The van der Waals surface area contributed by atoms with Crippen molar-refractivity contribution in [2.75, 3.05) is 7.11 Å². The second-order valence-electron chi connectivity index (χ2n) is 5.16. The zero-order valence-electron chi connectivity index (χ0n) is 13.3. The lowest BCUT2D eigenvalue weighted by Crippen LogP contribution is -2.31. The fourth-order valence-corrected chi connectivity index (χ4v) is 2.32. The molecule has 1 aromatic carbocycles. The number of nitrogens with zero attached hydrogens (tertiary/aromatic N) is 1. The molecule has 0 fully saturated rings. The summed E-state index contributed by atoms with van der Waals surface area (Å²) in [5.41, 5.74) is 0.398. The van der Waals surface area contributed by atoms with E-state index >= 15 is 0 Å². The first-order chi connectivity index (χ1) is 11.4. The van der Waals surface area contributed by atoms with Crippen molar-refractivity contribution >= 4 is 5.91 Å². The summed E-state index contributed by atoms with van der Waals surface area (Å²) < 4.78 is 44.3. The van der Waals surface area contributed by atoms with Gasteiger partial charge in [0.25, 0.3) is 5.91 Å². The van der Waals surface area contributed by atoms with E-state index in [1.165, 1.54) is 25.3 Å². The maximum Gasteiger partial charge on any atom is 0.416 e. The van der Waals surface area contributed by atoms with Crippen molar-refractivity contribution in [1.82, 2.24) is 15.5 Å². The predicted octanol–water partition coefficient (Wildman–Crippen LogP) is 2.99. The lowest BCUT2D eigenvalue weighted by atomic mass is 10.0. The van der Waals surface area contributed by atoms with Crippen molar-refractivity contribution in [3.05, 3.63) is 52.8 Å². The summed E-state index contributed by atoms with van der Waals surface area (Å²) in [5.74, 6) is -0.651. The Kier molecular flexibility index (Phi) is 5.61. The Bertz CT molecular complexity index is 698. The van der Waals surface area contributed by atoms with Gasteiger partial charge in [0.15, 0.2) is 6.10 Å². The van der Waals surface area contributed by atoms with E-state index in [1.807, 2.05) is 6.92 Å². The maximum absolute atomic E-state index is 13.1. The van der Waals surface area contributed by atoms with Gasteiger partial charge in [0.1, 0.15) is 0 Å². The van der Waals surface area contributed by atoms with Crippen LogP contribution in [0.1, 0.15) is 35.5 Å². The van der Waals surface area contributed by atoms with Crippen molar-refractivity contribution in [1.29, 1.82) is 0 Å². The molecule has 0 bridgehead atoms. The SMILES string of the molecule is CCc1cc(CNC(=O)C(OC)c2ccccc2C(F)(F)F)[nH]n1. The summed E-state index contributed by atoms with van der Waals surface area (Å²) in [6.07, 6.45) is -5.17. The van der Waals surface area contributed by atoms with Crippen LogP contribution < -0.4 is 5.32 Å². The van der Waals surface area contributed by atoms with Crippen LogP contribution in [0.25, 0.3) is 0 Å². The second kappa shape index (κ2) is 7.48. The number of halogens is 3. The molecule has 0 saturated heterocycles. The lowest BCUT2D eigenvalue weighted by molar-refractivity contribution is -0.141. The highest BCUT2D eigenvalue weighted by Crippen LogP contribution is 2.35. The van der Waals surface area contributed by atoms with Gasteiger partial charge in [0.05, 0.1) is 23.5 Å². The van der Waals surface area contributed by atoms with Gasteiger partial charge < -0.3 is 10.1 Å². The molecule has 24 heavy (non-hydrogen) atoms. The molecular formula is C16H18F3N3O2. The maximum atomic E-state index is 13.1. The van der Waals surface area contributed by atoms with Crippen molar-refractivity contribution in [2.24, 2.45) is 0 Å². The molecule has 2 aromatic rings. The van der Waals surface area contributed by atoms with Gasteiger partial charge in [-0.1, -0.05) is 25.1 Å². The number of carbonyl (C=O) groups excluding carboxylic acids is 1. The van der Waals surface area contributed by atoms with E-state index in [9.17, 15) is 18.0 Å². The van der Waals surface area contributed by atoms with Gasteiger partial charge in [-0.3, -0.25) is 9.89 Å². The number of carbonyl (C=O) groups is 1. The van der Waals surface area contributed by atoms with Gasteiger partial charge in [-0.05, 0) is 18.6 Å². The normalized spacial score (nSPS) is 12.9. The molecule has 1 amide bonds. The van der Waals surface area contributed by atoms with Gasteiger partial charge >= 0.3 is 6.18 Å². The number of methoxy groups -OCH3 is 1. The molecule has 0 saturated carbocycles. The van der Waals surface area contributed by atoms with E-state index < -0.39 is 23.8 Å². The summed E-state index contributed by atoms with van der Waals surface area (Å²) in [6, 6.07) is 6.66. The van der Waals surface area contributed by atoms with Crippen LogP contribution >= 0.6 is 0 Å². The second-order valence-corrected chi connectivity index (χ2v) is 5.16. The monoisotopic (exact) mass is 341 g/mol. The number of amides is 1. The summed E-state index contributed by atoms with van der Waals surface area (Å²) in [7, 11) is 1.20. The number of alkyl halides is 3. The summed E-state index contributed by atoms with van der Waals surface area (Å²) in [6.45, 7) is 2.06. The third-order valence-electron chi connectivity index (χ3n) is 3.52. The van der Waals surface area contributed by atoms with Gasteiger partial charge in [-0.25, -0.2) is 0 Å². The summed E-state index contributed by atoms with van der Waals surface area (Å²) in [5, 5.41) is 9.35. The zero-order valence-corrected chi connectivity index (χ0v) is 13.3. The first-order valence-corrected chi connectivity index (χ1v) is 7.36. The van der Waals surface area contributed by atoms with E-state index in [0.717, 1.165) is 18.2 Å². The number of aromatic nitrogens is 2. The summed E-state index contributed by atoms with van der Waals surface area (Å²) in [4.78, 5) is 12.3. The Morgan fingerprint density at radius 3 is 2.67 bits per heavy atom. The zero-order chi connectivity index (χ0) is 17.7. The molecule has 1 aromatic heterocycles. The van der Waals surface area contributed by atoms with Gasteiger partial charge in [-0.2, -0.15) is 18.3 Å². The number of ether oxygens (including phenoxy) is 1. The number of hydrogen-bond donors (Lipinski definition) is 2. The Hall–Kier alpha value is -2.35. The topological polar surface area (TPSA) is 67.0 Å². The number of nitrogens with one attached hydrogen (secondary N) is 2. The molecule has 1 unspecified atom stereocenters. The molecule has 2 rings (SSSR count). The van der Waals surface area contributed by atoms with E-state index in [4.69, 9.17) is 4.74 Å². The number of hydrogen-bond acceptors (Lipinski definition) is 3. The van der Waals surface area contributed by atoms with Crippen LogP contribution in [0.2, 0.25) is 0 Å². The van der Waals surface area contributed by atoms with Crippen LogP contribution in [0.5, 0.6) is 0 Å². The molecule has 8 heteroatoms. The predicted molar refractivity (Wildman–Crippen MR) is 81.0 cm³/mol. The Labute approximate surface area is 137 Å². The fraction of sp³-hybridized carbons (Fsp3) is 0.375. The van der Waals surface area contributed by atoms with Crippen LogP contribution in [0.15, 0.2) is 30.3 Å². The molecule has 1 atom stereocenters. The third kappa shape index (κ3) is 4.14. The molecule has 0 radical (unpaired) electrons. The average Bonchev–Trinajstić information content (AvgIpc) is 3.01. The highest BCUT2D eigenvalue weighted by molar-refractivity contribution is 5.82. The molecule has 130 valence electrons. The van der Waals surface area contributed by atoms with Crippen molar-refractivity contribution in [2.45, 2.75) is 32.2 Å². The highest BCUT2D eigenvalue weighted by atomic mass is 19.4. The minimum Gasteiger partial charge on any atom is -0.367 e. The minimum absolute atomic E-state index is 0.125. The van der Waals surface area contributed by atoms with E-state index in [0.29, 0.717) is 5.69 Å². The number of rotatable bonds is 6. The van der Waals surface area contributed by atoms with Crippen LogP contribution in [-0.2, 0) is 28.7 Å². The Balaban J connectivity index is 2.15. The molecule has 2 N–H and O–H groups in total. The smallest absolute Gasteiger partial charge is 0.367 e. The highest BCUT2D eigenvalue weighted by Gasteiger charge is 2.36. The van der Waals surface area contributed by atoms with E-state index in [2.05, 4.69) is 15.5 Å².